The molecule has 0 radical (unpaired) electrons. The van der Waals surface area contributed by atoms with Gasteiger partial charge < -0.3 is 29.2 Å². The normalized spacial score (nSPS) is 11.0. The molecule has 7 nitrogen and oxygen atoms in total. The van der Waals surface area contributed by atoms with Crippen molar-refractivity contribution in [1.29, 1.82) is 0 Å². The Balaban J connectivity index is 2.42. The van der Waals surface area contributed by atoms with Crippen LogP contribution in [-0.4, -0.2) is 42.4 Å². The lowest BCUT2D eigenvalue weighted by Gasteiger charge is -2.18. The minimum absolute atomic E-state index is 0.0604. The van der Waals surface area contributed by atoms with Gasteiger partial charge >= 0.3 is 0 Å². The average Bonchev–Trinajstić information content (AvgIpc) is 3.02. The Morgan fingerprint density at radius 2 is 0.750 bits per heavy atom. The van der Waals surface area contributed by atoms with Gasteiger partial charge in [0, 0.05) is 12.1 Å². The molecule has 0 aromatic heterocycles. The highest BCUT2D eigenvalue weighted by molar-refractivity contribution is 6.13. The van der Waals surface area contributed by atoms with E-state index in [1.165, 1.54) is 12.1 Å². The van der Waals surface area contributed by atoms with Crippen molar-refractivity contribution in [3.05, 3.63) is 35.4 Å². The second-order valence-corrected chi connectivity index (χ2v) is 11.6. The summed E-state index contributed by atoms with van der Waals surface area (Å²) in [5.41, 5.74) is 0.550. The van der Waals surface area contributed by atoms with Crippen LogP contribution in [0.5, 0.6) is 34.5 Å². The highest BCUT2D eigenvalue weighted by Crippen LogP contribution is 2.40. The zero-order valence-corrected chi connectivity index (χ0v) is 27.9. The molecule has 44 heavy (non-hydrogen) atoms. The second-order valence-electron chi connectivity index (χ2n) is 11.6. The average molecular weight is 615 g/mol. The molecule has 0 atom stereocenters. The number of aromatic hydroxyl groups is 2. The van der Waals surface area contributed by atoms with Gasteiger partial charge in [-0.25, -0.2) is 0 Å². The summed E-state index contributed by atoms with van der Waals surface area (Å²) in [5.74, 6) is 0.624. The molecule has 0 heterocycles. The standard InChI is InChI=1S/C37H58O7/c1-5-9-13-17-21-41-33-27-31(38)35(43-23-19-15-11-7-3)25-29(33)37(40)30-26-36(44-24-20-16-12-8-4)32(39)28-34(30)42-22-18-14-10-6-2/h25-28,38-39H,5-24H2,1-4H3. The molecule has 0 saturated carbocycles. The van der Waals surface area contributed by atoms with E-state index < -0.39 is 0 Å². The second kappa shape index (κ2) is 22.4. The Kier molecular flexibility index (Phi) is 18.9. The fraction of sp³-hybridized carbons (Fsp3) is 0.649. The van der Waals surface area contributed by atoms with E-state index in [-0.39, 0.29) is 39.9 Å². The smallest absolute Gasteiger partial charge is 0.200 e. The lowest BCUT2D eigenvalue weighted by atomic mass is 10.00. The van der Waals surface area contributed by atoms with Gasteiger partial charge in [0.1, 0.15) is 11.5 Å². The van der Waals surface area contributed by atoms with Gasteiger partial charge in [0.2, 0.25) is 5.78 Å². The number of rotatable bonds is 26. The first-order valence-corrected chi connectivity index (χ1v) is 17.3. The fourth-order valence-corrected chi connectivity index (χ4v) is 4.91. The van der Waals surface area contributed by atoms with E-state index in [4.69, 9.17) is 18.9 Å². The number of phenols is 2. The monoisotopic (exact) mass is 614 g/mol. The zero-order chi connectivity index (χ0) is 32.0. The maximum atomic E-state index is 14.3. The molecule has 0 bridgehead atoms. The minimum atomic E-state index is -0.344. The van der Waals surface area contributed by atoms with E-state index in [2.05, 4.69) is 27.7 Å². The number of phenolic OH excluding ortho intramolecular Hbond substituents is 2. The van der Waals surface area contributed by atoms with Crippen LogP contribution in [-0.2, 0) is 0 Å². The Bertz CT molecular complexity index is 999. The lowest BCUT2D eigenvalue weighted by Crippen LogP contribution is -2.11. The predicted octanol–water partition coefficient (Wildman–Crippen LogP) is 10.2. The Labute approximate surface area is 266 Å². The number of carbonyl (C=O) groups excluding carboxylic acids is 1. The third-order valence-corrected chi connectivity index (χ3v) is 7.63. The van der Waals surface area contributed by atoms with E-state index in [0.29, 0.717) is 37.9 Å². The number of benzene rings is 2. The number of hydrogen-bond acceptors (Lipinski definition) is 7. The van der Waals surface area contributed by atoms with Crippen molar-refractivity contribution in [2.24, 2.45) is 0 Å². The number of ketones is 1. The largest absolute Gasteiger partial charge is 0.504 e. The van der Waals surface area contributed by atoms with Gasteiger partial charge in [-0.15, -0.1) is 0 Å². The van der Waals surface area contributed by atoms with Crippen molar-refractivity contribution in [2.45, 2.75) is 130 Å². The Hall–Kier alpha value is -3.09. The first kappa shape index (κ1) is 37.1. The van der Waals surface area contributed by atoms with E-state index in [1.807, 2.05) is 0 Å². The van der Waals surface area contributed by atoms with Crippen LogP contribution in [0.3, 0.4) is 0 Å². The first-order valence-electron chi connectivity index (χ1n) is 17.3. The van der Waals surface area contributed by atoms with Crippen molar-refractivity contribution in [1.82, 2.24) is 0 Å². The Morgan fingerprint density at radius 3 is 1.05 bits per heavy atom. The van der Waals surface area contributed by atoms with Crippen LogP contribution in [0.2, 0.25) is 0 Å². The molecule has 2 rings (SSSR count). The van der Waals surface area contributed by atoms with Gasteiger partial charge in [-0.2, -0.15) is 0 Å². The molecule has 2 aromatic carbocycles. The van der Waals surface area contributed by atoms with Crippen LogP contribution in [0.25, 0.3) is 0 Å². The van der Waals surface area contributed by atoms with E-state index in [1.54, 1.807) is 12.1 Å². The van der Waals surface area contributed by atoms with E-state index in [9.17, 15) is 15.0 Å². The molecule has 0 fully saturated rings. The third-order valence-electron chi connectivity index (χ3n) is 7.63. The molecular formula is C37H58O7. The van der Waals surface area contributed by atoms with Crippen molar-refractivity contribution >= 4 is 5.78 Å². The number of carbonyl (C=O) groups is 1. The molecule has 0 aliphatic carbocycles. The number of ether oxygens (including phenoxy) is 4. The van der Waals surface area contributed by atoms with Gasteiger partial charge in [-0.1, -0.05) is 105 Å². The molecule has 0 aliphatic rings. The SMILES string of the molecule is CCCCCCOc1cc(C(=O)c2cc(OCCCCCC)c(O)cc2OCCCCCC)c(OCCCCCC)cc1O. The van der Waals surface area contributed by atoms with E-state index >= 15 is 0 Å². The fourth-order valence-electron chi connectivity index (χ4n) is 4.91. The molecule has 2 aromatic rings. The number of unbranched alkanes of at least 4 members (excludes halogenated alkanes) is 12. The van der Waals surface area contributed by atoms with Gasteiger partial charge in [-0.3, -0.25) is 4.79 Å². The maximum absolute atomic E-state index is 14.3. The summed E-state index contributed by atoms with van der Waals surface area (Å²) in [4.78, 5) is 14.3. The van der Waals surface area contributed by atoms with Gasteiger partial charge in [0.25, 0.3) is 0 Å². The van der Waals surface area contributed by atoms with Crippen molar-refractivity contribution in [3.8, 4) is 34.5 Å². The van der Waals surface area contributed by atoms with Crippen LogP contribution < -0.4 is 18.9 Å². The molecule has 0 amide bonds. The highest BCUT2D eigenvalue weighted by atomic mass is 16.5. The lowest BCUT2D eigenvalue weighted by molar-refractivity contribution is 0.102. The summed E-state index contributed by atoms with van der Waals surface area (Å²) in [6.07, 6.45) is 16.5. The van der Waals surface area contributed by atoms with Gasteiger partial charge in [0.05, 0.1) is 37.6 Å². The van der Waals surface area contributed by atoms with Crippen molar-refractivity contribution in [2.75, 3.05) is 26.4 Å². The van der Waals surface area contributed by atoms with Crippen molar-refractivity contribution < 1.29 is 34.0 Å². The van der Waals surface area contributed by atoms with Crippen LogP contribution in [0.15, 0.2) is 24.3 Å². The van der Waals surface area contributed by atoms with Crippen LogP contribution in [0.1, 0.15) is 146 Å². The molecular weight excluding hydrogens is 556 g/mol. The molecule has 7 heteroatoms. The summed E-state index contributed by atoms with van der Waals surface area (Å²) < 4.78 is 24.0. The minimum Gasteiger partial charge on any atom is -0.504 e. The quantitative estimate of drug-likeness (QED) is 0.0804. The first-order chi connectivity index (χ1) is 21.5. The Morgan fingerprint density at radius 1 is 0.455 bits per heavy atom. The summed E-state index contributed by atoms with van der Waals surface area (Å²) in [6.45, 7) is 10.4. The predicted molar refractivity (Wildman–Crippen MR) is 178 cm³/mol. The molecule has 0 saturated heterocycles. The maximum Gasteiger partial charge on any atom is 0.200 e. The van der Waals surface area contributed by atoms with Gasteiger partial charge in [0.15, 0.2) is 23.0 Å². The number of hydrogen-bond donors (Lipinski definition) is 2. The molecule has 248 valence electrons. The molecule has 0 spiro atoms. The summed E-state index contributed by atoms with van der Waals surface area (Å²) in [7, 11) is 0. The van der Waals surface area contributed by atoms with Crippen LogP contribution >= 0.6 is 0 Å². The summed E-state index contributed by atoms with van der Waals surface area (Å²) in [6, 6.07) is 6.10. The molecule has 2 N–H and O–H groups in total. The zero-order valence-electron chi connectivity index (χ0n) is 27.9. The molecule has 0 unspecified atom stereocenters. The van der Waals surface area contributed by atoms with Crippen molar-refractivity contribution in [3.63, 3.8) is 0 Å². The highest BCUT2D eigenvalue weighted by Gasteiger charge is 2.24. The molecule has 0 aliphatic heterocycles. The summed E-state index contributed by atoms with van der Waals surface area (Å²) >= 11 is 0. The van der Waals surface area contributed by atoms with Crippen LogP contribution in [0, 0.1) is 0 Å². The van der Waals surface area contributed by atoms with Crippen LogP contribution in [0.4, 0.5) is 0 Å². The van der Waals surface area contributed by atoms with Gasteiger partial charge in [-0.05, 0) is 37.8 Å². The topological polar surface area (TPSA) is 94.5 Å². The third kappa shape index (κ3) is 13.3. The summed E-state index contributed by atoms with van der Waals surface area (Å²) in [5, 5.41) is 21.6. The van der Waals surface area contributed by atoms with E-state index in [0.717, 1.165) is 103 Å².